The van der Waals surface area contributed by atoms with E-state index in [0.29, 0.717) is 12.5 Å². The van der Waals surface area contributed by atoms with Gasteiger partial charge in [-0.3, -0.25) is 0 Å². The highest BCUT2D eigenvalue weighted by Crippen LogP contribution is 2.17. The Bertz CT molecular complexity index is 400. The maximum atomic E-state index is 5.77. The van der Waals surface area contributed by atoms with E-state index in [0.717, 1.165) is 24.3 Å². The second-order valence-electron chi connectivity index (χ2n) is 3.57. The highest BCUT2D eigenvalue weighted by molar-refractivity contribution is 6.19. The van der Waals surface area contributed by atoms with Crippen molar-refractivity contribution in [3.63, 3.8) is 0 Å². The maximum Gasteiger partial charge on any atom is 0.124 e. The van der Waals surface area contributed by atoms with Gasteiger partial charge < -0.3 is 9.47 Å². The van der Waals surface area contributed by atoms with Gasteiger partial charge in [0.2, 0.25) is 0 Å². The minimum atomic E-state index is 0.177. The molecule has 0 amide bonds. The van der Waals surface area contributed by atoms with Crippen molar-refractivity contribution in [2.24, 2.45) is 0 Å². The molecule has 2 rings (SSSR count). The summed E-state index contributed by atoms with van der Waals surface area (Å²) in [5.74, 6) is 6.98. The van der Waals surface area contributed by atoms with Crippen LogP contribution in [0.4, 0.5) is 0 Å². The topological polar surface area (TPSA) is 18.5 Å². The average molecular weight is 237 g/mol. The highest BCUT2D eigenvalue weighted by Gasteiger charge is 2.16. The fourth-order valence-corrected chi connectivity index (χ4v) is 1.65. The monoisotopic (exact) mass is 236 g/mol. The van der Waals surface area contributed by atoms with Crippen LogP contribution >= 0.6 is 11.6 Å². The summed E-state index contributed by atoms with van der Waals surface area (Å²) in [4.78, 5) is 0. The summed E-state index contributed by atoms with van der Waals surface area (Å²) in [5, 5.41) is 0. The van der Waals surface area contributed by atoms with Gasteiger partial charge in [0.25, 0.3) is 0 Å². The standard InChI is InChI=1S/C13H13ClO2/c14-7-2-4-11-3-1-5-12(9-11)16-13-6-8-15-10-13/h1,3,5,9,13H,6-8,10H2. The number of halogens is 1. The van der Waals surface area contributed by atoms with Gasteiger partial charge in [0.15, 0.2) is 0 Å². The Morgan fingerprint density at radius 2 is 2.44 bits per heavy atom. The summed E-state index contributed by atoms with van der Waals surface area (Å²) in [6.45, 7) is 1.47. The van der Waals surface area contributed by atoms with Crippen molar-refractivity contribution in [1.82, 2.24) is 0 Å². The molecule has 2 nitrogen and oxygen atoms in total. The van der Waals surface area contributed by atoms with Gasteiger partial charge in [0, 0.05) is 12.0 Å². The zero-order valence-corrected chi connectivity index (χ0v) is 9.67. The van der Waals surface area contributed by atoms with Crippen LogP contribution in [0.1, 0.15) is 12.0 Å². The molecule has 0 aliphatic carbocycles. The van der Waals surface area contributed by atoms with Crippen LogP contribution in [0.25, 0.3) is 0 Å². The quantitative estimate of drug-likeness (QED) is 0.580. The van der Waals surface area contributed by atoms with Gasteiger partial charge in [0.1, 0.15) is 11.9 Å². The second kappa shape index (κ2) is 5.79. The van der Waals surface area contributed by atoms with Crippen LogP contribution in [0.5, 0.6) is 5.75 Å². The number of alkyl halides is 1. The fourth-order valence-electron chi connectivity index (χ4n) is 1.58. The molecule has 1 atom stereocenters. The first-order valence-electron chi connectivity index (χ1n) is 5.28. The van der Waals surface area contributed by atoms with E-state index in [2.05, 4.69) is 11.8 Å². The van der Waals surface area contributed by atoms with Gasteiger partial charge in [-0.05, 0) is 18.2 Å². The Labute approximate surface area is 101 Å². The molecule has 16 heavy (non-hydrogen) atoms. The van der Waals surface area contributed by atoms with E-state index in [1.807, 2.05) is 24.3 Å². The lowest BCUT2D eigenvalue weighted by Crippen LogP contribution is -2.15. The highest BCUT2D eigenvalue weighted by atomic mass is 35.5. The Morgan fingerprint density at radius 1 is 1.50 bits per heavy atom. The third kappa shape index (κ3) is 3.16. The first-order valence-corrected chi connectivity index (χ1v) is 5.81. The van der Waals surface area contributed by atoms with Gasteiger partial charge in [-0.1, -0.05) is 17.9 Å². The van der Waals surface area contributed by atoms with Crippen LogP contribution in [0.2, 0.25) is 0 Å². The molecule has 1 heterocycles. The smallest absolute Gasteiger partial charge is 0.124 e. The Hall–Kier alpha value is -1.17. The Balaban J connectivity index is 2.03. The SMILES string of the molecule is ClCC#Cc1cccc(OC2CCOC2)c1. The number of benzene rings is 1. The summed E-state index contributed by atoms with van der Waals surface area (Å²) in [7, 11) is 0. The number of ether oxygens (including phenoxy) is 2. The minimum absolute atomic E-state index is 0.177. The van der Waals surface area contributed by atoms with Crippen molar-refractivity contribution in [2.45, 2.75) is 12.5 Å². The largest absolute Gasteiger partial charge is 0.488 e. The van der Waals surface area contributed by atoms with Crippen molar-refractivity contribution in [3.05, 3.63) is 29.8 Å². The van der Waals surface area contributed by atoms with Gasteiger partial charge in [-0.25, -0.2) is 0 Å². The lowest BCUT2D eigenvalue weighted by molar-refractivity contribution is 0.141. The van der Waals surface area contributed by atoms with Crippen molar-refractivity contribution in [1.29, 1.82) is 0 Å². The summed E-state index contributed by atoms with van der Waals surface area (Å²) >= 11 is 5.51. The average Bonchev–Trinajstić information content (AvgIpc) is 2.80. The predicted molar refractivity (Wildman–Crippen MR) is 63.9 cm³/mol. The maximum absolute atomic E-state index is 5.77. The molecule has 0 bridgehead atoms. The lowest BCUT2D eigenvalue weighted by Gasteiger charge is -2.11. The van der Waals surface area contributed by atoms with Gasteiger partial charge in [0.05, 0.1) is 19.1 Å². The summed E-state index contributed by atoms with van der Waals surface area (Å²) in [6, 6.07) is 7.74. The van der Waals surface area contributed by atoms with Crippen molar-refractivity contribution >= 4 is 11.6 Å². The molecule has 1 aromatic carbocycles. The summed E-state index contributed by atoms with van der Waals surface area (Å²) in [5.41, 5.74) is 0.928. The molecule has 0 saturated carbocycles. The third-order valence-corrected chi connectivity index (χ3v) is 2.46. The molecule has 1 saturated heterocycles. The first kappa shape index (κ1) is 11.3. The second-order valence-corrected chi connectivity index (χ2v) is 3.83. The third-order valence-electron chi connectivity index (χ3n) is 2.32. The fraction of sp³-hybridized carbons (Fsp3) is 0.385. The van der Waals surface area contributed by atoms with Crippen LogP contribution in [0, 0.1) is 11.8 Å². The molecule has 0 aromatic heterocycles. The number of hydrogen-bond acceptors (Lipinski definition) is 2. The van der Waals surface area contributed by atoms with E-state index in [4.69, 9.17) is 21.1 Å². The summed E-state index contributed by atoms with van der Waals surface area (Å²) in [6.07, 6.45) is 1.13. The van der Waals surface area contributed by atoms with Crippen LogP contribution in [-0.4, -0.2) is 25.2 Å². The van der Waals surface area contributed by atoms with E-state index in [-0.39, 0.29) is 6.10 Å². The zero-order valence-electron chi connectivity index (χ0n) is 8.91. The number of rotatable bonds is 2. The van der Waals surface area contributed by atoms with E-state index >= 15 is 0 Å². The Morgan fingerprint density at radius 3 is 3.19 bits per heavy atom. The molecule has 1 unspecified atom stereocenters. The molecule has 1 fully saturated rings. The minimum Gasteiger partial charge on any atom is -0.488 e. The molecular formula is C13H13ClO2. The zero-order chi connectivity index (χ0) is 11.2. The molecule has 84 valence electrons. The lowest BCUT2D eigenvalue weighted by atomic mass is 10.2. The van der Waals surface area contributed by atoms with E-state index in [1.165, 1.54) is 0 Å². The predicted octanol–water partition coefficient (Wildman–Crippen LogP) is 2.44. The first-order chi connectivity index (χ1) is 7.88. The molecule has 0 N–H and O–H groups in total. The van der Waals surface area contributed by atoms with Gasteiger partial charge >= 0.3 is 0 Å². The number of hydrogen-bond donors (Lipinski definition) is 0. The molecular weight excluding hydrogens is 224 g/mol. The van der Waals surface area contributed by atoms with Gasteiger partial charge in [-0.15, -0.1) is 11.6 Å². The van der Waals surface area contributed by atoms with E-state index < -0.39 is 0 Å². The molecule has 1 aromatic rings. The van der Waals surface area contributed by atoms with Crippen LogP contribution in [-0.2, 0) is 4.74 Å². The van der Waals surface area contributed by atoms with Gasteiger partial charge in [-0.2, -0.15) is 0 Å². The van der Waals surface area contributed by atoms with Crippen molar-refractivity contribution < 1.29 is 9.47 Å². The van der Waals surface area contributed by atoms with E-state index in [9.17, 15) is 0 Å². The normalized spacial score (nSPS) is 18.9. The molecule has 0 radical (unpaired) electrons. The van der Waals surface area contributed by atoms with Crippen LogP contribution in [0.15, 0.2) is 24.3 Å². The van der Waals surface area contributed by atoms with Crippen LogP contribution in [0.3, 0.4) is 0 Å². The molecule has 1 aliphatic heterocycles. The summed E-state index contributed by atoms with van der Waals surface area (Å²) < 4.78 is 11.0. The Kier molecular flexibility index (Phi) is 4.10. The molecule has 3 heteroatoms. The molecule has 0 spiro atoms. The van der Waals surface area contributed by atoms with E-state index in [1.54, 1.807) is 0 Å². The van der Waals surface area contributed by atoms with Crippen LogP contribution < -0.4 is 4.74 Å². The molecule has 1 aliphatic rings. The van der Waals surface area contributed by atoms with Crippen molar-refractivity contribution in [2.75, 3.05) is 19.1 Å². The van der Waals surface area contributed by atoms with Crippen molar-refractivity contribution in [3.8, 4) is 17.6 Å².